The summed E-state index contributed by atoms with van der Waals surface area (Å²) in [7, 11) is 1.20. The van der Waals surface area contributed by atoms with Crippen LogP contribution in [0.2, 0.25) is 0 Å². The second-order valence-electron chi connectivity index (χ2n) is 6.33. The summed E-state index contributed by atoms with van der Waals surface area (Å²) in [4.78, 5) is 39.5. The van der Waals surface area contributed by atoms with Crippen molar-refractivity contribution < 1.29 is 37.0 Å². The summed E-state index contributed by atoms with van der Waals surface area (Å²) in [5.74, 6) is -2.30. The molecule has 0 aliphatic carbocycles. The molecule has 0 aliphatic rings. The van der Waals surface area contributed by atoms with Gasteiger partial charge >= 0.3 is 18.1 Å². The summed E-state index contributed by atoms with van der Waals surface area (Å²) < 4.78 is 47.9. The van der Waals surface area contributed by atoms with Crippen molar-refractivity contribution >= 4 is 23.4 Å². The van der Waals surface area contributed by atoms with Crippen molar-refractivity contribution in [1.82, 2.24) is 4.98 Å². The van der Waals surface area contributed by atoms with E-state index >= 15 is 0 Å². The lowest BCUT2D eigenvalue weighted by molar-refractivity contribution is -0.137. The molecule has 0 bridgehead atoms. The number of alkyl halides is 3. The Morgan fingerprint density at radius 1 is 1.14 bits per heavy atom. The summed E-state index contributed by atoms with van der Waals surface area (Å²) in [6.07, 6.45) is -5.90. The van der Waals surface area contributed by atoms with Gasteiger partial charge in [-0.25, -0.2) is 9.59 Å². The number of ketones is 1. The van der Waals surface area contributed by atoms with Crippen molar-refractivity contribution in [2.45, 2.75) is 33.1 Å². The van der Waals surface area contributed by atoms with Gasteiger partial charge < -0.3 is 20.2 Å². The van der Waals surface area contributed by atoms with E-state index in [1.165, 1.54) is 21.0 Å². The molecule has 2 aromatic rings. The molecule has 1 heterocycles. The first-order valence-electron chi connectivity index (χ1n) is 8.37. The van der Waals surface area contributed by atoms with Crippen LogP contribution < -0.4 is 5.73 Å². The third-order valence-corrected chi connectivity index (χ3v) is 4.33. The summed E-state index contributed by atoms with van der Waals surface area (Å²) in [6, 6.07) is 2.20. The van der Waals surface area contributed by atoms with Crippen LogP contribution in [-0.4, -0.2) is 35.9 Å². The largest absolute Gasteiger partial charge is 0.465 e. The van der Waals surface area contributed by atoms with E-state index in [1.54, 1.807) is 6.92 Å². The third kappa shape index (κ3) is 4.41. The predicted octanol–water partition coefficient (Wildman–Crippen LogP) is 3.45. The van der Waals surface area contributed by atoms with Crippen LogP contribution in [0.1, 0.15) is 54.9 Å². The number of benzene rings is 1. The highest BCUT2D eigenvalue weighted by molar-refractivity contribution is 6.05. The molecule has 0 saturated heterocycles. The van der Waals surface area contributed by atoms with E-state index in [9.17, 15) is 27.6 Å². The third-order valence-electron chi connectivity index (χ3n) is 4.33. The monoisotopic (exact) mass is 412 g/mol. The molecule has 0 radical (unpaired) electrons. The summed E-state index contributed by atoms with van der Waals surface area (Å²) >= 11 is 0. The lowest BCUT2D eigenvalue weighted by Crippen LogP contribution is -2.26. The zero-order valence-electron chi connectivity index (χ0n) is 16.1. The normalized spacial score (nSPS) is 12.4. The second-order valence-corrected chi connectivity index (χ2v) is 6.33. The van der Waals surface area contributed by atoms with E-state index in [4.69, 9.17) is 10.5 Å². The van der Waals surface area contributed by atoms with Gasteiger partial charge in [-0.3, -0.25) is 4.79 Å². The van der Waals surface area contributed by atoms with Crippen molar-refractivity contribution in [3.8, 4) is 0 Å². The Morgan fingerprint density at radius 3 is 2.28 bits per heavy atom. The molecule has 0 amide bonds. The number of hydrogen-bond acceptors (Lipinski definition) is 6. The number of halogens is 3. The molecular weight excluding hydrogens is 393 g/mol. The van der Waals surface area contributed by atoms with Gasteiger partial charge in [0.05, 0.1) is 29.5 Å². The number of nitrogen functional groups attached to an aromatic ring is 1. The van der Waals surface area contributed by atoms with Crippen LogP contribution in [0.4, 0.5) is 18.9 Å². The lowest BCUT2D eigenvalue weighted by atomic mass is 10.1. The van der Waals surface area contributed by atoms with E-state index in [-0.39, 0.29) is 16.8 Å². The molecule has 1 aromatic heterocycles. The van der Waals surface area contributed by atoms with Crippen LogP contribution in [0.3, 0.4) is 0 Å². The van der Waals surface area contributed by atoms with Crippen molar-refractivity contribution in [3.63, 3.8) is 0 Å². The van der Waals surface area contributed by atoms with Gasteiger partial charge in [0.1, 0.15) is 0 Å². The number of nitrogens with two attached hydrogens (primary N) is 1. The molecule has 29 heavy (non-hydrogen) atoms. The predicted molar refractivity (Wildman–Crippen MR) is 96.7 cm³/mol. The highest BCUT2D eigenvalue weighted by atomic mass is 19.4. The molecule has 0 fully saturated rings. The maximum Gasteiger partial charge on any atom is 0.416 e. The first kappa shape index (κ1) is 22.0. The van der Waals surface area contributed by atoms with Gasteiger partial charge in [-0.05, 0) is 44.5 Å². The van der Waals surface area contributed by atoms with Crippen molar-refractivity contribution in [2.24, 2.45) is 0 Å². The maximum atomic E-state index is 12.7. The molecule has 2 rings (SSSR count). The van der Waals surface area contributed by atoms with Crippen molar-refractivity contribution in [1.29, 1.82) is 0 Å². The molecule has 0 saturated carbocycles. The number of aromatic amines is 1. The van der Waals surface area contributed by atoms with E-state index in [0.29, 0.717) is 23.4 Å². The number of ether oxygens (including phenoxy) is 2. The Labute approximate surface area is 164 Å². The van der Waals surface area contributed by atoms with E-state index in [1.807, 2.05) is 0 Å². The number of hydrogen-bond donors (Lipinski definition) is 2. The Bertz CT molecular complexity index is 979. The minimum Gasteiger partial charge on any atom is -0.465 e. The van der Waals surface area contributed by atoms with Crippen molar-refractivity contribution in [2.75, 3.05) is 12.8 Å². The van der Waals surface area contributed by atoms with E-state index < -0.39 is 41.3 Å². The zero-order valence-corrected chi connectivity index (χ0v) is 16.1. The van der Waals surface area contributed by atoms with Gasteiger partial charge in [0.2, 0.25) is 5.78 Å². The summed E-state index contributed by atoms with van der Waals surface area (Å²) in [5.41, 5.74) is 4.79. The summed E-state index contributed by atoms with van der Waals surface area (Å²) in [6.45, 7) is 4.41. The molecule has 7 nitrogen and oxygen atoms in total. The van der Waals surface area contributed by atoms with Crippen LogP contribution >= 0.6 is 0 Å². The van der Waals surface area contributed by atoms with Crippen LogP contribution in [0.5, 0.6) is 0 Å². The second kappa shape index (κ2) is 7.98. The Balaban J connectivity index is 2.22. The Hall–Kier alpha value is -3.30. The first-order valence-corrected chi connectivity index (χ1v) is 8.37. The number of carbonyl (C=O) groups excluding carboxylic acids is 3. The molecule has 10 heteroatoms. The maximum absolute atomic E-state index is 12.7. The highest BCUT2D eigenvalue weighted by Crippen LogP contribution is 2.31. The minimum absolute atomic E-state index is 0.0589. The van der Waals surface area contributed by atoms with E-state index in [0.717, 1.165) is 6.07 Å². The molecule has 0 unspecified atom stereocenters. The Morgan fingerprint density at radius 2 is 1.76 bits per heavy atom. The number of H-pyrrole nitrogens is 1. The zero-order chi connectivity index (χ0) is 22.1. The van der Waals surface area contributed by atoms with Crippen LogP contribution in [0.15, 0.2) is 18.2 Å². The smallest absolute Gasteiger partial charge is 0.416 e. The molecule has 156 valence electrons. The number of Topliss-reactive ketones (excluding diaryl/α,β-unsaturated/α-hetero) is 1. The first-order chi connectivity index (χ1) is 13.4. The number of methoxy groups -OCH3 is 1. The topological polar surface area (TPSA) is 111 Å². The molecule has 0 aliphatic heterocycles. The number of carbonyl (C=O) groups is 3. The van der Waals surface area contributed by atoms with Crippen molar-refractivity contribution in [3.05, 3.63) is 51.8 Å². The summed E-state index contributed by atoms with van der Waals surface area (Å²) in [5, 5.41) is 0. The van der Waals surface area contributed by atoms with Gasteiger partial charge in [0, 0.05) is 11.4 Å². The average Bonchev–Trinajstić information content (AvgIpc) is 2.93. The van der Waals surface area contributed by atoms with Gasteiger partial charge in [-0.15, -0.1) is 0 Å². The standard InChI is InChI=1S/C19H19F3N2O5/c1-8-14(18(27)28-4)9(2)24-15(8)16(25)10(3)29-17(26)12-6-5-11(7-13(12)23)19(20,21)22/h5-7,10,24H,23H2,1-4H3/t10-/m0/s1. The van der Waals surface area contributed by atoms with Crippen LogP contribution in [-0.2, 0) is 15.7 Å². The fraction of sp³-hybridized carbons (Fsp3) is 0.316. The minimum atomic E-state index is -4.61. The SMILES string of the molecule is COC(=O)c1c(C)[nH]c(C(=O)[C@H](C)OC(=O)c2ccc(C(F)(F)F)cc2N)c1C. The quantitative estimate of drug-likeness (QED) is 0.442. The fourth-order valence-corrected chi connectivity index (χ4v) is 2.81. The Kier molecular flexibility index (Phi) is 6.05. The number of esters is 2. The number of aryl methyl sites for hydroxylation is 1. The molecule has 1 aromatic carbocycles. The number of aromatic nitrogens is 1. The highest BCUT2D eigenvalue weighted by Gasteiger charge is 2.32. The molecule has 3 N–H and O–H groups in total. The number of nitrogens with one attached hydrogen (secondary N) is 1. The van der Waals surface area contributed by atoms with Gasteiger partial charge in [0.15, 0.2) is 6.10 Å². The molecule has 1 atom stereocenters. The van der Waals surface area contributed by atoms with E-state index in [2.05, 4.69) is 9.72 Å². The average molecular weight is 412 g/mol. The van der Waals surface area contributed by atoms with Crippen LogP contribution in [0, 0.1) is 13.8 Å². The molecule has 0 spiro atoms. The lowest BCUT2D eigenvalue weighted by Gasteiger charge is -2.14. The molecular formula is C19H19F3N2O5. The number of rotatable bonds is 5. The fourth-order valence-electron chi connectivity index (χ4n) is 2.81. The van der Waals surface area contributed by atoms with Gasteiger partial charge in [-0.1, -0.05) is 0 Å². The van der Waals surface area contributed by atoms with Gasteiger partial charge in [0.25, 0.3) is 0 Å². The van der Waals surface area contributed by atoms with Gasteiger partial charge in [-0.2, -0.15) is 13.2 Å². The number of anilines is 1. The van der Waals surface area contributed by atoms with Crippen LogP contribution in [0.25, 0.3) is 0 Å².